The van der Waals surface area contributed by atoms with E-state index in [4.69, 9.17) is 11.6 Å². The number of anilines is 1. The van der Waals surface area contributed by atoms with Gasteiger partial charge in [0.1, 0.15) is 12.4 Å². The zero-order valence-electron chi connectivity index (χ0n) is 13.8. The van der Waals surface area contributed by atoms with Gasteiger partial charge in [-0.15, -0.1) is 0 Å². The first-order valence-electron chi connectivity index (χ1n) is 7.89. The molecule has 6 nitrogen and oxygen atoms in total. The zero-order valence-corrected chi connectivity index (χ0v) is 14.6. The topological polar surface area (TPSA) is 73.1 Å². The molecule has 0 aliphatic rings. The van der Waals surface area contributed by atoms with E-state index in [1.165, 1.54) is 16.7 Å². The number of halogens is 2. The lowest BCUT2D eigenvalue weighted by Gasteiger charge is -2.13. The number of carbonyl (C=O) groups excluding carboxylic acids is 1. The van der Waals surface area contributed by atoms with Gasteiger partial charge in [-0.2, -0.15) is 0 Å². The van der Waals surface area contributed by atoms with E-state index in [9.17, 15) is 18.8 Å². The first-order chi connectivity index (χ1) is 12.4. The molecule has 1 aromatic heterocycles. The number of fused-ring (bicyclic) bond motifs is 1. The van der Waals surface area contributed by atoms with Crippen LogP contribution in [-0.2, 0) is 17.9 Å². The number of benzene rings is 2. The lowest BCUT2D eigenvalue weighted by molar-refractivity contribution is -0.116. The van der Waals surface area contributed by atoms with E-state index in [0.29, 0.717) is 10.9 Å². The van der Waals surface area contributed by atoms with Gasteiger partial charge in [0.25, 0.3) is 5.56 Å². The van der Waals surface area contributed by atoms with Crippen LogP contribution < -0.4 is 16.6 Å². The second-order valence-corrected chi connectivity index (χ2v) is 6.04. The number of aromatic nitrogens is 2. The molecule has 1 N–H and O–H groups in total. The molecule has 3 aromatic rings. The zero-order chi connectivity index (χ0) is 18.8. The Morgan fingerprint density at radius 2 is 1.88 bits per heavy atom. The number of amides is 1. The van der Waals surface area contributed by atoms with Crippen LogP contribution in [0.2, 0.25) is 5.02 Å². The van der Waals surface area contributed by atoms with E-state index in [2.05, 4.69) is 5.32 Å². The molecule has 0 aliphatic heterocycles. The van der Waals surface area contributed by atoms with Crippen molar-refractivity contribution in [3.05, 3.63) is 74.1 Å². The Balaban J connectivity index is 2.02. The third-order valence-corrected chi connectivity index (χ3v) is 4.19. The molecule has 0 bridgehead atoms. The van der Waals surface area contributed by atoms with Crippen LogP contribution >= 0.6 is 11.6 Å². The summed E-state index contributed by atoms with van der Waals surface area (Å²) in [5.74, 6) is -1.28. The Morgan fingerprint density at radius 1 is 1.15 bits per heavy atom. The van der Waals surface area contributed by atoms with Gasteiger partial charge >= 0.3 is 5.69 Å². The van der Waals surface area contributed by atoms with Gasteiger partial charge in [-0.3, -0.25) is 18.7 Å². The molecule has 0 fully saturated rings. The van der Waals surface area contributed by atoms with Crippen LogP contribution in [-0.4, -0.2) is 15.0 Å². The number of rotatable bonds is 4. The SMILES string of the molecule is CCn1c(=O)c2ccccc2n(CC(=O)Nc2ccc(Cl)cc2F)c1=O. The van der Waals surface area contributed by atoms with Crippen LogP contribution in [0.5, 0.6) is 0 Å². The number of hydrogen-bond donors (Lipinski definition) is 1. The number of nitrogens with zero attached hydrogens (tertiary/aromatic N) is 2. The molecular formula is C18H15ClFN3O3. The minimum absolute atomic E-state index is 0.0411. The van der Waals surface area contributed by atoms with Crippen molar-refractivity contribution in [3.63, 3.8) is 0 Å². The Morgan fingerprint density at radius 3 is 2.58 bits per heavy atom. The summed E-state index contributed by atoms with van der Waals surface area (Å²) in [6, 6.07) is 10.4. The molecule has 0 radical (unpaired) electrons. The highest BCUT2D eigenvalue weighted by Crippen LogP contribution is 2.19. The van der Waals surface area contributed by atoms with Crippen LogP contribution in [0.3, 0.4) is 0 Å². The summed E-state index contributed by atoms with van der Waals surface area (Å²) in [5, 5.41) is 2.95. The number of nitrogens with one attached hydrogen (secondary N) is 1. The first kappa shape index (κ1) is 17.9. The molecule has 2 aromatic carbocycles. The van der Waals surface area contributed by atoms with Crippen LogP contribution in [0.4, 0.5) is 10.1 Å². The summed E-state index contributed by atoms with van der Waals surface area (Å²) >= 11 is 5.69. The average molecular weight is 376 g/mol. The maximum absolute atomic E-state index is 13.8. The fraction of sp³-hybridized carbons (Fsp3) is 0.167. The normalized spacial score (nSPS) is 10.9. The number of para-hydroxylation sites is 1. The molecule has 1 heterocycles. The molecule has 0 atom stereocenters. The van der Waals surface area contributed by atoms with Gasteiger partial charge in [0, 0.05) is 11.6 Å². The van der Waals surface area contributed by atoms with Crippen molar-refractivity contribution in [2.24, 2.45) is 0 Å². The second-order valence-electron chi connectivity index (χ2n) is 5.61. The Bertz CT molecular complexity index is 1120. The quantitative estimate of drug-likeness (QED) is 0.761. The smallest absolute Gasteiger partial charge is 0.322 e. The van der Waals surface area contributed by atoms with Gasteiger partial charge in [-0.1, -0.05) is 23.7 Å². The van der Waals surface area contributed by atoms with E-state index in [1.807, 2.05) is 0 Å². The summed E-state index contributed by atoms with van der Waals surface area (Å²) in [6.07, 6.45) is 0. The highest BCUT2D eigenvalue weighted by Gasteiger charge is 2.15. The van der Waals surface area contributed by atoms with E-state index in [0.717, 1.165) is 10.6 Å². The maximum atomic E-state index is 13.8. The highest BCUT2D eigenvalue weighted by atomic mass is 35.5. The van der Waals surface area contributed by atoms with Crippen molar-refractivity contribution in [1.29, 1.82) is 0 Å². The molecule has 1 amide bonds. The minimum atomic E-state index is -0.679. The van der Waals surface area contributed by atoms with Crippen molar-refractivity contribution in [2.75, 3.05) is 5.32 Å². The monoisotopic (exact) mass is 375 g/mol. The molecule has 3 rings (SSSR count). The molecule has 0 saturated heterocycles. The van der Waals surface area contributed by atoms with E-state index < -0.39 is 23.0 Å². The average Bonchev–Trinajstić information content (AvgIpc) is 2.61. The molecule has 134 valence electrons. The summed E-state index contributed by atoms with van der Waals surface area (Å²) in [6.45, 7) is 1.49. The first-order valence-corrected chi connectivity index (χ1v) is 8.27. The molecule has 8 heteroatoms. The molecule has 0 unspecified atom stereocenters. The van der Waals surface area contributed by atoms with Crippen molar-refractivity contribution in [3.8, 4) is 0 Å². The van der Waals surface area contributed by atoms with Gasteiger partial charge in [-0.25, -0.2) is 9.18 Å². The van der Waals surface area contributed by atoms with Crippen LogP contribution in [0, 0.1) is 5.82 Å². The third-order valence-electron chi connectivity index (χ3n) is 3.96. The fourth-order valence-electron chi connectivity index (χ4n) is 2.73. The van der Waals surface area contributed by atoms with Gasteiger partial charge in [-0.05, 0) is 37.3 Å². The van der Waals surface area contributed by atoms with Crippen molar-refractivity contribution in [2.45, 2.75) is 20.0 Å². The van der Waals surface area contributed by atoms with Crippen LogP contribution in [0.15, 0.2) is 52.1 Å². The van der Waals surface area contributed by atoms with Gasteiger partial charge in [0.2, 0.25) is 5.91 Å². The highest BCUT2D eigenvalue weighted by molar-refractivity contribution is 6.30. The standard InChI is InChI=1S/C18H15ClFN3O3/c1-2-22-17(25)12-5-3-4-6-15(12)23(18(22)26)10-16(24)21-14-8-7-11(19)9-13(14)20/h3-9H,2,10H2,1H3,(H,21,24). The van der Waals surface area contributed by atoms with Gasteiger partial charge in [0.15, 0.2) is 0 Å². The Hall–Kier alpha value is -2.93. The third kappa shape index (κ3) is 3.25. The number of hydrogen-bond acceptors (Lipinski definition) is 3. The molecular weight excluding hydrogens is 361 g/mol. The Labute approximate surface area is 152 Å². The fourth-order valence-corrected chi connectivity index (χ4v) is 2.89. The Kier molecular flexibility index (Phi) is 4.90. The lowest BCUT2D eigenvalue weighted by atomic mass is 10.2. The largest absolute Gasteiger partial charge is 0.331 e. The van der Waals surface area contributed by atoms with Gasteiger partial charge in [0.05, 0.1) is 16.6 Å². The van der Waals surface area contributed by atoms with E-state index in [-0.39, 0.29) is 23.8 Å². The summed E-state index contributed by atoms with van der Waals surface area (Å²) in [7, 11) is 0. The maximum Gasteiger partial charge on any atom is 0.331 e. The molecule has 0 aliphatic carbocycles. The van der Waals surface area contributed by atoms with E-state index in [1.54, 1.807) is 31.2 Å². The molecule has 0 spiro atoms. The van der Waals surface area contributed by atoms with Crippen molar-refractivity contribution in [1.82, 2.24) is 9.13 Å². The predicted molar refractivity (Wildman–Crippen MR) is 98.2 cm³/mol. The minimum Gasteiger partial charge on any atom is -0.322 e. The van der Waals surface area contributed by atoms with Crippen molar-refractivity contribution >= 4 is 34.1 Å². The van der Waals surface area contributed by atoms with Crippen LogP contribution in [0.1, 0.15) is 6.92 Å². The van der Waals surface area contributed by atoms with E-state index >= 15 is 0 Å². The lowest BCUT2D eigenvalue weighted by Crippen LogP contribution is -2.41. The summed E-state index contributed by atoms with van der Waals surface area (Å²) < 4.78 is 16.1. The molecule has 0 saturated carbocycles. The van der Waals surface area contributed by atoms with Crippen molar-refractivity contribution < 1.29 is 9.18 Å². The predicted octanol–water partition coefficient (Wildman–Crippen LogP) is 2.61. The second kappa shape index (κ2) is 7.13. The van der Waals surface area contributed by atoms with Crippen LogP contribution in [0.25, 0.3) is 10.9 Å². The molecule has 26 heavy (non-hydrogen) atoms. The van der Waals surface area contributed by atoms with Gasteiger partial charge < -0.3 is 5.32 Å². The summed E-state index contributed by atoms with van der Waals surface area (Å²) in [5.41, 5.74) is -0.698. The summed E-state index contributed by atoms with van der Waals surface area (Å²) in [4.78, 5) is 37.3. The number of carbonyl (C=O) groups is 1.